The van der Waals surface area contributed by atoms with Crippen molar-refractivity contribution >= 4 is 17.1 Å². The van der Waals surface area contributed by atoms with Gasteiger partial charge in [0.25, 0.3) is 0 Å². The Hall–Kier alpha value is -4.30. The summed E-state index contributed by atoms with van der Waals surface area (Å²) in [5.74, 6) is 1.04. The summed E-state index contributed by atoms with van der Waals surface area (Å²) >= 11 is 0. The first-order chi connectivity index (χ1) is 21.5. The zero-order chi connectivity index (χ0) is 30.3. The second-order valence-electron chi connectivity index (χ2n) is 13.1. The van der Waals surface area contributed by atoms with E-state index in [9.17, 15) is 9.59 Å². The lowest BCUT2D eigenvalue weighted by Crippen LogP contribution is -2.34. The molecule has 220 valence electrons. The minimum absolute atomic E-state index is 0.203. The number of carbonyl (C=O) groups is 2. The third-order valence-electron chi connectivity index (χ3n) is 10.7. The molecule has 2 nitrogen and oxygen atoms in total. The summed E-state index contributed by atoms with van der Waals surface area (Å²) < 4.78 is 0. The van der Waals surface area contributed by atoms with Gasteiger partial charge in [0.15, 0.2) is 11.6 Å². The largest absolute Gasteiger partial charge is 0.294 e. The minimum atomic E-state index is -0.460. The fourth-order valence-corrected chi connectivity index (χ4v) is 8.85. The lowest BCUT2D eigenvalue weighted by atomic mass is 9.67. The molecule has 4 aliphatic carbocycles. The quantitative estimate of drug-likeness (QED) is 0.214. The summed E-state index contributed by atoms with van der Waals surface area (Å²) in [6, 6.07) is 33.4. The van der Waals surface area contributed by atoms with Crippen molar-refractivity contribution in [2.75, 3.05) is 0 Å². The van der Waals surface area contributed by atoms with Crippen molar-refractivity contribution in [2.45, 2.75) is 64.2 Å². The highest BCUT2D eigenvalue weighted by Gasteiger charge is 2.52. The molecule has 8 rings (SSSR count). The van der Waals surface area contributed by atoms with Gasteiger partial charge in [-0.3, -0.25) is 9.59 Å². The van der Waals surface area contributed by atoms with E-state index in [2.05, 4.69) is 86.3 Å². The highest BCUT2D eigenvalue weighted by atomic mass is 16.1. The summed E-state index contributed by atoms with van der Waals surface area (Å²) in [5.41, 5.74) is 10.3. The maximum absolute atomic E-state index is 13.3. The fourth-order valence-electron chi connectivity index (χ4n) is 8.85. The molecule has 3 atom stereocenters. The lowest BCUT2D eigenvalue weighted by molar-refractivity contribution is 0.0749. The Balaban J connectivity index is 0.000000142. The zero-order valence-electron chi connectivity index (χ0n) is 25.7. The molecule has 0 N–H and O–H groups in total. The van der Waals surface area contributed by atoms with E-state index < -0.39 is 5.41 Å². The molecular formula is C42H40O2. The standard InChI is InChI=1S/C21H22O.C21H18O/c2*1-2-13-21(14-16-8-4-6-10-18(16)20(21)22)19-12-11-15-7-3-5-9-17(15)19/h3-10,19H,2,11-14H2,1H3;2-10,12H,1,11,13-14H2. The van der Waals surface area contributed by atoms with Crippen LogP contribution in [0.4, 0.5) is 0 Å². The van der Waals surface area contributed by atoms with E-state index in [4.69, 9.17) is 0 Å². The molecule has 44 heavy (non-hydrogen) atoms. The van der Waals surface area contributed by atoms with Crippen LogP contribution in [0.1, 0.15) is 92.6 Å². The SMILES string of the molecule is C=CCC1(C2=CCc3ccccc32)Cc2ccccc2C1=O.CCCC1(C2CCc3ccccc32)Cc2ccccc2C1=O. The van der Waals surface area contributed by atoms with Crippen molar-refractivity contribution in [3.05, 3.63) is 160 Å². The Bertz CT molecular complexity index is 1810. The van der Waals surface area contributed by atoms with E-state index in [1.54, 1.807) is 0 Å². The molecular weight excluding hydrogens is 536 g/mol. The smallest absolute Gasteiger partial charge is 0.174 e. The number of hydrogen-bond acceptors (Lipinski definition) is 2. The molecule has 0 fully saturated rings. The molecule has 3 unspecified atom stereocenters. The van der Waals surface area contributed by atoms with Gasteiger partial charge < -0.3 is 0 Å². The Morgan fingerprint density at radius 1 is 0.727 bits per heavy atom. The zero-order valence-corrected chi connectivity index (χ0v) is 25.7. The topological polar surface area (TPSA) is 34.1 Å². The maximum Gasteiger partial charge on any atom is 0.174 e. The lowest BCUT2D eigenvalue weighted by Gasteiger charge is -2.34. The van der Waals surface area contributed by atoms with Crippen molar-refractivity contribution in [3.63, 3.8) is 0 Å². The number of allylic oxidation sites excluding steroid dienone is 3. The molecule has 0 aromatic heterocycles. The molecule has 4 aromatic rings. The van der Waals surface area contributed by atoms with Gasteiger partial charge in [-0.2, -0.15) is 0 Å². The predicted molar refractivity (Wildman–Crippen MR) is 179 cm³/mol. The second-order valence-corrected chi connectivity index (χ2v) is 13.1. The van der Waals surface area contributed by atoms with Crippen LogP contribution in [0.15, 0.2) is 116 Å². The minimum Gasteiger partial charge on any atom is -0.294 e. The molecule has 0 saturated carbocycles. The van der Waals surface area contributed by atoms with Gasteiger partial charge in [0.05, 0.1) is 5.41 Å². The van der Waals surface area contributed by atoms with Gasteiger partial charge in [0.1, 0.15) is 0 Å². The molecule has 0 spiro atoms. The molecule has 0 aliphatic heterocycles. The predicted octanol–water partition coefficient (Wildman–Crippen LogP) is 9.57. The number of rotatable bonds is 6. The van der Waals surface area contributed by atoms with E-state index in [1.807, 2.05) is 36.4 Å². The van der Waals surface area contributed by atoms with Crippen molar-refractivity contribution in [3.8, 4) is 0 Å². The molecule has 0 radical (unpaired) electrons. The second kappa shape index (κ2) is 11.3. The van der Waals surface area contributed by atoms with Crippen LogP contribution in [0.25, 0.3) is 5.57 Å². The number of ketones is 2. The monoisotopic (exact) mass is 576 g/mol. The summed E-state index contributed by atoms with van der Waals surface area (Å²) in [5, 5.41) is 0. The van der Waals surface area contributed by atoms with E-state index in [-0.39, 0.29) is 11.2 Å². The summed E-state index contributed by atoms with van der Waals surface area (Å²) in [6.07, 6.45) is 11.8. The average Bonchev–Trinajstić information content (AvgIpc) is 3.81. The molecule has 2 heteroatoms. The number of aryl methyl sites for hydroxylation is 1. The normalized spacial score (nSPS) is 24.1. The first-order valence-corrected chi connectivity index (χ1v) is 16.3. The highest BCUT2D eigenvalue weighted by Crippen LogP contribution is 2.55. The third kappa shape index (κ3) is 4.38. The van der Waals surface area contributed by atoms with Crippen molar-refractivity contribution < 1.29 is 9.59 Å². The number of hydrogen-bond donors (Lipinski definition) is 0. The Morgan fingerprint density at radius 2 is 1.32 bits per heavy atom. The van der Waals surface area contributed by atoms with Crippen LogP contribution in [0, 0.1) is 10.8 Å². The summed E-state index contributed by atoms with van der Waals surface area (Å²) in [7, 11) is 0. The van der Waals surface area contributed by atoms with Gasteiger partial charge in [0.2, 0.25) is 0 Å². The van der Waals surface area contributed by atoms with Gasteiger partial charge in [-0.05, 0) is 89.8 Å². The molecule has 0 saturated heterocycles. The van der Waals surface area contributed by atoms with E-state index in [1.165, 1.54) is 39.0 Å². The van der Waals surface area contributed by atoms with Gasteiger partial charge in [-0.1, -0.05) is 123 Å². The molecule has 0 heterocycles. The molecule has 0 amide bonds. The Morgan fingerprint density at radius 3 is 1.98 bits per heavy atom. The van der Waals surface area contributed by atoms with Crippen LogP contribution >= 0.6 is 0 Å². The summed E-state index contributed by atoms with van der Waals surface area (Å²) in [6.45, 7) is 6.12. The number of fused-ring (bicyclic) bond motifs is 4. The van der Waals surface area contributed by atoms with Crippen LogP contribution in [0.5, 0.6) is 0 Å². The van der Waals surface area contributed by atoms with Crippen LogP contribution in [0.2, 0.25) is 0 Å². The van der Waals surface area contributed by atoms with Crippen molar-refractivity contribution in [2.24, 2.45) is 10.8 Å². The van der Waals surface area contributed by atoms with Crippen LogP contribution < -0.4 is 0 Å². The van der Waals surface area contributed by atoms with Crippen LogP contribution in [-0.4, -0.2) is 11.6 Å². The highest BCUT2D eigenvalue weighted by molar-refractivity contribution is 6.12. The maximum atomic E-state index is 13.3. The Kier molecular flexibility index (Phi) is 7.33. The molecule has 4 aliphatic rings. The van der Waals surface area contributed by atoms with E-state index in [0.717, 1.165) is 56.1 Å². The van der Waals surface area contributed by atoms with Crippen LogP contribution in [-0.2, 0) is 25.7 Å². The van der Waals surface area contributed by atoms with Crippen molar-refractivity contribution in [1.82, 2.24) is 0 Å². The number of benzene rings is 4. The van der Waals surface area contributed by atoms with E-state index >= 15 is 0 Å². The third-order valence-corrected chi connectivity index (χ3v) is 10.7. The molecule has 4 aromatic carbocycles. The first-order valence-electron chi connectivity index (χ1n) is 16.3. The van der Waals surface area contributed by atoms with Gasteiger partial charge >= 0.3 is 0 Å². The first kappa shape index (κ1) is 28.5. The van der Waals surface area contributed by atoms with Gasteiger partial charge in [-0.15, -0.1) is 6.58 Å². The molecule has 0 bridgehead atoms. The number of Topliss-reactive ketones (excluding diaryl/α,β-unsaturated/α-hetero) is 2. The van der Waals surface area contributed by atoms with Crippen LogP contribution in [0.3, 0.4) is 0 Å². The van der Waals surface area contributed by atoms with Gasteiger partial charge in [-0.25, -0.2) is 0 Å². The van der Waals surface area contributed by atoms with Crippen molar-refractivity contribution in [1.29, 1.82) is 0 Å². The Labute approximate surface area is 261 Å². The average molecular weight is 577 g/mol. The fraction of sp³-hybridized carbons (Fsp3) is 0.286. The summed E-state index contributed by atoms with van der Waals surface area (Å²) in [4.78, 5) is 26.5. The van der Waals surface area contributed by atoms with Gasteiger partial charge in [0, 0.05) is 16.5 Å². The number of carbonyl (C=O) groups excluding carboxylic acids is 2. The van der Waals surface area contributed by atoms with E-state index in [0.29, 0.717) is 18.1 Å².